The number of aromatic nitrogens is 2. The Bertz CT molecular complexity index is 666. The van der Waals surface area contributed by atoms with Gasteiger partial charge in [-0.25, -0.2) is 9.31 Å². The number of hydrogen-bond acceptors (Lipinski definition) is 4. The second kappa shape index (κ2) is 4.93. The lowest BCUT2D eigenvalue weighted by Crippen LogP contribution is -2.48. The third kappa shape index (κ3) is 2.12. The molecule has 3 rings (SSSR count). The third-order valence-corrected chi connectivity index (χ3v) is 3.29. The molecule has 1 saturated heterocycles. The first kappa shape index (κ1) is 12.6. The molecule has 3 heterocycles. The van der Waals surface area contributed by atoms with Crippen molar-refractivity contribution < 1.29 is 19.4 Å². The number of amides is 1. The first-order valence-corrected chi connectivity index (χ1v) is 6.23. The molecule has 0 aromatic carbocycles. The number of carboxylic acid groups (broad SMARTS) is 1. The van der Waals surface area contributed by atoms with Crippen molar-refractivity contribution in [3.05, 3.63) is 36.2 Å². The molecule has 2 aromatic rings. The number of fused-ring (bicyclic) bond motifs is 1. The monoisotopic (exact) mass is 275 g/mol. The molecule has 0 spiro atoms. The summed E-state index contributed by atoms with van der Waals surface area (Å²) in [6.45, 7) is 0.660. The number of morpholine rings is 1. The predicted octanol–water partition coefficient (Wildman–Crippen LogP) is 0.260. The fourth-order valence-corrected chi connectivity index (χ4v) is 2.25. The van der Waals surface area contributed by atoms with E-state index in [4.69, 9.17) is 9.84 Å². The second-order valence-electron chi connectivity index (χ2n) is 4.54. The number of carbonyl (C=O) groups excluding carboxylic acids is 1. The number of pyridine rings is 1. The highest BCUT2D eigenvalue weighted by atomic mass is 16.5. The fourth-order valence-electron chi connectivity index (χ4n) is 2.25. The van der Waals surface area contributed by atoms with E-state index in [9.17, 15) is 9.59 Å². The lowest BCUT2D eigenvalue weighted by molar-refractivity contribution is -0.154. The van der Waals surface area contributed by atoms with Crippen LogP contribution in [0.4, 0.5) is 0 Å². The summed E-state index contributed by atoms with van der Waals surface area (Å²) in [4.78, 5) is 24.9. The molecule has 20 heavy (non-hydrogen) atoms. The zero-order valence-electron chi connectivity index (χ0n) is 10.6. The van der Waals surface area contributed by atoms with Gasteiger partial charge in [-0.3, -0.25) is 4.79 Å². The van der Waals surface area contributed by atoms with Crippen LogP contribution in [-0.2, 0) is 9.53 Å². The molecule has 2 aromatic heterocycles. The van der Waals surface area contributed by atoms with E-state index in [1.807, 2.05) is 12.1 Å². The van der Waals surface area contributed by atoms with E-state index in [1.165, 1.54) is 11.1 Å². The standard InChI is InChI=1S/C13H13N3O4/c17-12(15-5-6-20-11(8-15)13(18)19)9-7-14-16-4-2-1-3-10(9)16/h1-4,7,11H,5-6,8H2,(H,18,19)/t11-/m0/s1. The Kier molecular flexibility index (Phi) is 3.11. The number of nitrogens with zero attached hydrogens (tertiary/aromatic N) is 3. The third-order valence-electron chi connectivity index (χ3n) is 3.29. The van der Waals surface area contributed by atoms with Gasteiger partial charge in [-0.1, -0.05) is 6.07 Å². The van der Waals surface area contributed by atoms with E-state index in [0.717, 1.165) is 0 Å². The van der Waals surface area contributed by atoms with Crippen LogP contribution in [0.5, 0.6) is 0 Å². The minimum atomic E-state index is -1.05. The summed E-state index contributed by atoms with van der Waals surface area (Å²) in [5, 5.41) is 13.1. The number of aliphatic carboxylic acids is 1. The molecule has 7 nitrogen and oxygen atoms in total. The van der Waals surface area contributed by atoms with Gasteiger partial charge in [-0.2, -0.15) is 5.10 Å². The number of carbonyl (C=O) groups is 2. The van der Waals surface area contributed by atoms with Crippen LogP contribution in [0.2, 0.25) is 0 Å². The van der Waals surface area contributed by atoms with Crippen LogP contribution < -0.4 is 0 Å². The molecule has 1 amide bonds. The average Bonchev–Trinajstić information content (AvgIpc) is 2.90. The fraction of sp³-hybridized carbons (Fsp3) is 0.308. The summed E-state index contributed by atoms with van der Waals surface area (Å²) in [7, 11) is 0. The molecule has 0 radical (unpaired) electrons. The van der Waals surface area contributed by atoms with Crippen LogP contribution in [0.3, 0.4) is 0 Å². The Hall–Kier alpha value is -2.41. The van der Waals surface area contributed by atoms with Crippen LogP contribution in [0.25, 0.3) is 5.52 Å². The summed E-state index contributed by atoms with van der Waals surface area (Å²) in [6.07, 6.45) is 2.29. The summed E-state index contributed by atoms with van der Waals surface area (Å²) < 4.78 is 6.72. The Balaban J connectivity index is 1.87. The van der Waals surface area contributed by atoms with Gasteiger partial charge >= 0.3 is 5.97 Å². The van der Waals surface area contributed by atoms with E-state index < -0.39 is 12.1 Å². The summed E-state index contributed by atoms with van der Waals surface area (Å²) in [6, 6.07) is 5.45. The SMILES string of the molecule is O=C(O)[C@@H]1CN(C(=O)c2cnn3ccccc23)CCO1. The minimum absolute atomic E-state index is 0.0539. The van der Waals surface area contributed by atoms with Crippen molar-refractivity contribution in [1.82, 2.24) is 14.5 Å². The quantitative estimate of drug-likeness (QED) is 0.850. The van der Waals surface area contributed by atoms with Gasteiger partial charge in [0.25, 0.3) is 5.91 Å². The maximum atomic E-state index is 12.5. The molecule has 0 aliphatic carbocycles. The molecule has 1 fully saturated rings. The normalized spacial score (nSPS) is 19.2. The molecule has 0 bridgehead atoms. The second-order valence-corrected chi connectivity index (χ2v) is 4.54. The lowest BCUT2D eigenvalue weighted by atomic mass is 10.2. The first-order valence-electron chi connectivity index (χ1n) is 6.23. The minimum Gasteiger partial charge on any atom is -0.479 e. The Labute approximate surface area is 114 Å². The molecule has 1 aliphatic heterocycles. The largest absolute Gasteiger partial charge is 0.479 e. The van der Waals surface area contributed by atoms with Crippen LogP contribution in [0.15, 0.2) is 30.6 Å². The number of hydrogen-bond donors (Lipinski definition) is 1. The van der Waals surface area contributed by atoms with Gasteiger partial charge in [0.15, 0.2) is 6.10 Å². The number of carboxylic acids is 1. The maximum Gasteiger partial charge on any atom is 0.334 e. The molecule has 0 unspecified atom stereocenters. The Morgan fingerprint density at radius 2 is 2.25 bits per heavy atom. The first-order chi connectivity index (χ1) is 9.66. The van der Waals surface area contributed by atoms with Crippen molar-refractivity contribution in [2.75, 3.05) is 19.7 Å². The number of ether oxygens (including phenoxy) is 1. The molecule has 0 saturated carbocycles. The van der Waals surface area contributed by atoms with Crippen molar-refractivity contribution in [3.63, 3.8) is 0 Å². The maximum absolute atomic E-state index is 12.5. The van der Waals surface area contributed by atoms with Gasteiger partial charge in [0.2, 0.25) is 0 Å². The van der Waals surface area contributed by atoms with Gasteiger partial charge in [0.1, 0.15) is 0 Å². The van der Waals surface area contributed by atoms with Gasteiger partial charge in [-0.05, 0) is 12.1 Å². The highest BCUT2D eigenvalue weighted by molar-refractivity contribution is 6.00. The van der Waals surface area contributed by atoms with Crippen LogP contribution >= 0.6 is 0 Å². The Morgan fingerprint density at radius 3 is 3.05 bits per heavy atom. The average molecular weight is 275 g/mol. The van der Waals surface area contributed by atoms with Crippen LogP contribution in [0, 0.1) is 0 Å². The highest BCUT2D eigenvalue weighted by Crippen LogP contribution is 2.15. The van der Waals surface area contributed by atoms with Crippen molar-refractivity contribution in [2.45, 2.75) is 6.10 Å². The highest BCUT2D eigenvalue weighted by Gasteiger charge is 2.30. The molecular formula is C13H13N3O4. The molecule has 1 aliphatic rings. The van der Waals surface area contributed by atoms with Gasteiger partial charge in [-0.15, -0.1) is 0 Å². The van der Waals surface area contributed by atoms with Crippen LogP contribution in [0.1, 0.15) is 10.4 Å². The molecule has 104 valence electrons. The number of rotatable bonds is 2. The van der Waals surface area contributed by atoms with Crippen molar-refractivity contribution in [2.24, 2.45) is 0 Å². The van der Waals surface area contributed by atoms with Gasteiger partial charge < -0.3 is 14.7 Å². The van der Waals surface area contributed by atoms with Gasteiger partial charge in [0.05, 0.1) is 30.4 Å². The lowest BCUT2D eigenvalue weighted by Gasteiger charge is -2.30. The van der Waals surface area contributed by atoms with Crippen LogP contribution in [-0.4, -0.2) is 57.3 Å². The molecule has 7 heteroatoms. The van der Waals surface area contributed by atoms with E-state index in [0.29, 0.717) is 17.6 Å². The van der Waals surface area contributed by atoms with E-state index in [-0.39, 0.29) is 19.1 Å². The van der Waals surface area contributed by atoms with Crippen molar-refractivity contribution >= 4 is 17.4 Å². The zero-order chi connectivity index (χ0) is 14.1. The summed E-state index contributed by atoms with van der Waals surface area (Å²) in [5.74, 6) is -1.27. The summed E-state index contributed by atoms with van der Waals surface area (Å²) >= 11 is 0. The van der Waals surface area contributed by atoms with E-state index >= 15 is 0 Å². The molecule has 1 N–H and O–H groups in total. The van der Waals surface area contributed by atoms with E-state index in [1.54, 1.807) is 16.8 Å². The topological polar surface area (TPSA) is 84.1 Å². The molecular weight excluding hydrogens is 262 g/mol. The van der Waals surface area contributed by atoms with E-state index in [2.05, 4.69) is 5.10 Å². The van der Waals surface area contributed by atoms with Crippen molar-refractivity contribution in [3.8, 4) is 0 Å². The van der Waals surface area contributed by atoms with Gasteiger partial charge in [0, 0.05) is 12.7 Å². The summed E-state index contributed by atoms with van der Waals surface area (Å²) in [5.41, 5.74) is 1.17. The smallest absolute Gasteiger partial charge is 0.334 e. The Morgan fingerprint density at radius 1 is 1.40 bits per heavy atom. The predicted molar refractivity (Wildman–Crippen MR) is 68.5 cm³/mol. The molecule has 1 atom stereocenters. The van der Waals surface area contributed by atoms with Crippen molar-refractivity contribution in [1.29, 1.82) is 0 Å². The zero-order valence-corrected chi connectivity index (χ0v) is 10.6.